The number of hydrogen-bond donors (Lipinski definition) is 15. The van der Waals surface area contributed by atoms with Crippen LogP contribution < -0.4 is 26.6 Å². The summed E-state index contributed by atoms with van der Waals surface area (Å²) in [5.41, 5.74) is -0.0451. The summed E-state index contributed by atoms with van der Waals surface area (Å²) in [4.78, 5) is 97.6. The Kier molecular flexibility index (Phi) is 26.2. The summed E-state index contributed by atoms with van der Waals surface area (Å²) in [6.45, 7) is 3.20. The predicted molar refractivity (Wildman–Crippen MR) is 273 cm³/mol. The molecule has 4 rings (SSSR count). The summed E-state index contributed by atoms with van der Waals surface area (Å²) < 4.78 is 0. The Labute approximate surface area is 444 Å². The highest BCUT2D eigenvalue weighted by molar-refractivity contribution is 5.98. The van der Waals surface area contributed by atoms with Gasteiger partial charge in [-0.2, -0.15) is 0 Å². The number of rotatable bonds is 24. The minimum Gasteiger partial charge on any atom is -0.508 e. The van der Waals surface area contributed by atoms with E-state index in [4.69, 9.17) is 5.11 Å². The molecule has 6 amide bonds. The lowest BCUT2D eigenvalue weighted by Crippen LogP contribution is -2.64. The summed E-state index contributed by atoms with van der Waals surface area (Å²) in [5.74, 6) is -8.58. The molecule has 3 aliphatic heterocycles. The molecule has 15 atom stereocenters. The van der Waals surface area contributed by atoms with Gasteiger partial charge in [0, 0.05) is 38.3 Å². The summed E-state index contributed by atoms with van der Waals surface area (Å²) in [6.07, 6.45) is -0.362. The first-order valence-corrected chi connectivity index (χ1v) is 27.0. The van der Waals surface area contributed by atoms with Crippen LogP contribution in [0.5, 0.6) is 5.75 Å². The molecule has 0 aliphatic carbocycles. The lowest BCUT2D eigenvalue weighted by atomic mass is 9.96. The smallest absolute Gasteiger partial charge is 0.303 e. The van der Waals surface area contributed by atoms with Gasteiger partial charge in [0.1, 0.15) is 54.3 Å². The molecule has 1 aromatic rings. The molecule has 0 aromatic heterocycles. The number of phenols is 1. The highest BCUT2D eigenvalue weighted by atomic mass is 16.4. The van der Waals surface area contributed by atoms with Gasteiger partial charge in [-0.15, -0.1) is 0 Å². The van der Waals surface area contributed by atoms with Crippen molar-refractivity contribution in [3.8, 4) is 5.75 Å². The summed E-state index contributed by atoms with van der Waals surface area (Å²) >= 11 is 0. The first-order chi connectivity index (χ1) is 36.0. The molecular weight excluding hydrogens is 995 g/mol. The highest BCUT2D eigenvalue weighted by Crippen LogP contribution is 2.28. The summed E-state index contributed by atoms with van der Waals surface area (Å²) in [5, 5.41) is 120. The first-order valence-electron chi connectivity index (χ1n) is 27.0. The molecular formula is C52H85N7O17. The van der Waals surface area contributed by atoms with Crippen molar-refractivity contribution in [3.63, 3.8) is 0 Å². The van der Waals surface area contributed by atoms with E-state index in [1.54, 1.807) is 0 Å². The fourth-order valence-electron chi connectivity index (χ4n) is 10.1. The summed E-state index contributed by atoms with van der Waals surface area (Å²) in [7, 11) is 0. The zero-order chi connectivity index (χ0) is 56.2. The molecule has 0 radical (unpaired) electrons. The molecule has 3 saturated heterocycles. The minimum atomic E-state index is -2.25. The second-order valence-electron chi connectivity index (χ2n) is 21.0. The number of hydrogen-bond acceptors (Lipinski definition) is 17. The van der Waals surface area contributed by atoms with Gasteiger partial charge in [-0.25, -0.2) is 0 Å². The van der Waals surface area contributed by atoms with E-state index in [2.05, 4.69) is 26.6 Å². The normalized spacial score (nSPS) is 29.0. The van der Waals surface area contributed by atoms with Crippen LogP contribution in [0.4, 0.5) is 0 Å². The highest BCUT2D eigenvalue weighted by Gasteiger charge is 2.50. The summed E-state index contributed by atoms with van der Waals surface area (Å²) in [6, 6.07) is -5.93. The number of nitrogens with one attached hydrogen (secondary N) is 5. The average Bonchev–Trinajstić information content (AvgIpc) is 3.91. The molecule has 3 heterocycles. The number of fused-ring (bicyclic) bond motifs is 2. The molecule has 0 saturated carbocycles. The van der Waals surface area contributed by atoms with Crippen LogP contribution in [0.1, 0.15) is 148 Å². The van der Waals surface area contributed by atoms with Gasteiger partial charge in [0.05, 0.1) is 30.5 Å². The Morgan fingerprint density at radius 3 is 1.63 bits per heavy atom. The maximum absolute atomic E-state index is 14.3. The minimum absolute atomic E-state index is 0.0451. The van der Waals surface area contributed by atoms with Crippen molar-refractivity contribution in [3.05, 3.63) is 29.8 Å². The number of nitrogens with zero attached hydrogens (tertiary/aromatic N) is 2. The third-order valence-corrected chi connectivity index (χ3v) is 14.6. The van der Waals surface area contributed by atoms with E-state index in [9.17, 15) is 79.5 Å². The Morgan fingerprint density at radius 2 is 1.11 bits per heavy atom. The Bertz CT molecular complexity index is 2030. The second-order valence-corrected chi connectivity index (χ2v) is 21.0. The second kappa shape index (κ2) is 31.4. The Hall–Kier alpha value is -5.05. The average molecular weight is 1080 g/mol. The van der Waals surface area contributed by atoms with Crippen LogP contribution >= 0.6 is 0 Å². The van der Waals surface area contributed by atoms with Gasteiger partial charge < -0.3 is 87.4 Å². The number of carbonyl (C=O) groups is 7. The standard InChI is InChI=1S/C52H85N7O17/c1-29-27-59-42(43(29)67)50(74)57-48(72)37(64)26-35(53-24-18-16-14-12-10-8-6-4-5-7-9-11-13-15-17-19-38(65)66)46(70)54-39(30(2)60)51(75)58-28-34(63)25-36(58)47(71)56-41(49(73)55-40(31(3)61)52(59)76)45(69)44(68)32-20-22-33(62)23-21-32/h20-23,29-31,34-37,39-45,48,53,60-64,67-69,72H,4-19,24-28H2,1-3H3,(H,54,70)(H,55,73)(H,56,71)(H,57,74)(H,65,66)/t29-,30+,31+,34+,35+,36-,37+,39-,40-,41-,42-,43-,44-,45-,48-/m0/s1. The maximum Gasteiger partial charge on any atom is 0.303 e. The quantitative estimate of drug-likeness (QED) is 0.0533. The zero-order valence-corrected chi connectivity index (χ0v) is 44.0. The maximum atomic E-state index is 14.3. The molecule has 24 nitrogen and oxygen atoms in total. The molecule has 24 heteroatoms. The van der Waals surface area contributed by atoms with E-state index in [0.29, 0.717) is 6.42 Å². The van der Waals surface area contributed by atoms with Crippen LogP contribution in [0, 0.1) is 5.92 Å². The van der Waals surface area contributed by atoms with E-state index in [-0.39, 0.29) is 30.8 Å². The Balaban J connectivity index is 1.53. The van der Waals surface area contributed by atoms with Crippen molar-refractivity contribution >= 4 is 41.4 Å². The van der Waals surface area contributed by atoms with Crippen LogP contribution in [0.15, 0.2) is 24.3 Å². The predicted octanol–water partition coefficient (Wildman–Crippen LogP) is -1.34. The van der Waals surface area contributed by atoms with Crippen molar-refractivity contribution in [2.75, 3.05) is 19.6 Å². The molecule has 3 aliphatic rings. The number of aliphatic carboxylic acids is 1. The van der Waals surface area contributed by atoms with Crippen LogP contribution in [-0.2, 0) is 33.6 Å². The molecule has 430 valence electrons. The van der Waals surface area contributed by atoms with Gasteiger partial charge in [-0.1, -0.05) is 103 Å². The van der Waals surface area contributed by atoms with Crippen molar-refractivity contribution in [2.24, 2.45) is 5.92 Å². The van der Waals surface area contributed by atoms with Crippen molar-refractivity contribution in [1.29, 1.82) is 0 Å². The third kappa shape index (κ3) is 18.9. The van der Waals surface area contributed by atoms with Crippen molar-refractivity contribution < 1.29 is 84.6 Å². The molecule has 15 N–H and O–H groups in total. The molecule has 0 spiro atoms. The van der Waals surface area contributed by atoms with Gasteiger partial charge in [-0.05, 0) is 50.9 Å². The van der Waals surface area contributed by atoms with Gasteiger partial charge in [0.25, 0.3) is 0 Å². The number of amides is 6. The lowest BCUT2D eigenvalue weighted by molar-refractivity contribution is -0.148. The van der Waals surface area contributed by atoms with Crippen LogP contribution in [0.25, 0.3) is 0 Å². The van der Waals surface area contributed by atoms with Crippen molar-refractivity contribution in [2.45, 2.75) is 222 Å². The molecule has 0 unspecified atom stereocenters. The third-order valence-electron chi connectivity index (χ3n) is 14.6. The fraction of sp³-hybridized carbons (Fsp3) is 0.750. The zero-order valence-electron chi connectivity index (χ0n) is 44.0. The number of aliphatic hydroxyl groups excluding tert-OH is 8. The number of phenolic OH excluding ortho intramolecular Hbond substituents is 1. The number of carboxylic acid groups (broad SMARTS) is 1. The molecule has 1 aromatic carbocycles. The first kappa shape index (κ1) is 63.5. The van der Waals surface area contributed by atoms with Gasteiger partial charge >= 0.3 is 5.97 Å². The monoisotopic (exact) mass is 1080 g/mol. The Morgan fingerprint density at radius 1 is 0.618 bits per heavy atom. The topological polar surface area (TPSA) is 388 Å². The van der Waals surface area contributed by atoms with E-state index in [1.807, 2.05) is 0 Å². The lowest BCUT2D eigenvalue weighted by Gasteiger charge is -2.34. The van der Waals surface area contributed by atoms with E-state index in [1.165, 1.54) is 38.1 Å². The number of benzene rings is 1. The van der Waals surface area contributed by atoms with E-state index < -0.39 is 152 Å². The largest absolute Gasteiger partial charge is 0.508 e. The number of carboxylic acids is 1. The molecule has 76 heavy (non-hydrogen) atoms. The van der Waals surface area contributed by atoms with Crippen molar-refractivity contribution in [1.82, 2.24) is 36.4 Å². The van der Waals surface area contributed by atoms with Gasteiger partial charge in [0.2, 0.25) is 35.4 Å². The fourth-order valence-corrected chi connectivity index (χ4v) is 10.1. The number of unbranched alkanes of at least 4 members (excludes halogenated alkanes) is 14. The SMILES string of the molecule is C[C@@H](O)[C@@H]1NC(=O)[C@H]([C@H](O)[C@@H](O)c2ccc(O)cc2)NC(=O)[C@@H]2C[C@@H](O)CN2C(=O)[C@H]([C@@H](C)O)NC(=O)[C@H](NCCCCCCCCCCCCCCCCCC(=O)O)C[C@@H](O)[C@H](O)NC(=O)[C@@H]2[C@@H](O)[C@@H](C)CN2C1=O. The van der Waals surface area contributed by atoms with E-state index in [0.717, 1.165) is 107 Å². The molecule has 0 bridgehead atoms. The van der Waals surface area contributed by atoms with Gasteiger partial charge in [0.15, 0.2) is 6.23 Å². The number of aromatic hydroxyl groups is 1. The van der Waals surface area contributed by atoms with Crippen LogP contribution in [0.3, 0.4) is 0 Å². The van der Waals surface area contributed by atoms with Crippen LogP contribution in [0.2, 0.25) is 0 Å². The van der Waals surface area contributed by atoms with Crippen LogP contribution in [-0.4, -0.2) is 201 Å². The number of aliphatic hydroxyl groups is 8. The molecule has 3 fully saturated rings. The van der Waals surface area contributed by atoms with E-state index >= 15 is 0 Å². The van der Waals surface area contributed by atoms with Gasteiger partial charge in [-0.3, -0.25) is 33.6 Å². The number of carbonyl (C=O) groups excluding carboxylic acids is 6.